The summed E-state index contributed by atoms with van der Waals surface area (Å²) in [6.07, 6.45) is 2.90. The molecule has 4 heteroatoms. The van der Waals surface area contributed by atoms with E-state index in [9.17, 15) is 0 Å². The van der Waals surface area contributed by atoms with E-state index in [2.05, 4.69) is 43.2 Å². The van der Waals surface area contributed by atoms with Gasteiger partial charge in [-0.2, -0.15) is 0 Å². The summed E-state index contributed by atoms with van der Waals surface area (Å²) in [5.41, 5.74) is 0.703. The minimum absolute atomic E-state index is 0.209. The van der Waals surface area contributed by atoms with Crippen LogP contribution < -0.4 is 10.6 Å². The maximum Gasteiger partial charge on any atom is 0.0936 e. The highest BCUT2D eigenvalue weighted by molar-refractivity contribution is 5.11. The predicted molar refractivity (Wildman–Crippen MR) is 72.6 cm³/mol. The molecule has 4 nitrogen and oxygen atoms in total. The first-order chi connectivity index (χ1) is 8.28. The van der Waals surface area contributed by atoms with E-state index in [1.807, 2.05) is 0 Å². The molecule has 0 aromatic heterocycles. The van der Waals surface area contributed by atoms with Crippen molar-refractivity contribution < 1.29 is 4.74 Å². The first-order valence-electron chi connectivity index (χ1n) is 7.16. The molecule has 1 unspecified atom stereocenters. The lowest BCUT2D eigenvalue weighted by molar-refractivity contribution is 0.0936. The first kappa shape index (κ1) is 12.9. The SMILES string of the molecule is CC1(C)CC2(CN(CC3CO3)CN2)CC(C)(C)N1. The molecule has 1 atom stereocenters. The highest BCUT2D eigenvalue weighted by atomic mass is 16.6. The second-order valence-corrected chi connectivity index (χ2v) is 7.83. The Morgan fingerprint density at radius 1 is 1.17 bits per heavy atom. The highest BCUT2D eigenvalue weighted by Gasteiger charge is 2.50. The molecular weight excluding hydrogens is 226 g/mol. The van der Waals surface area contributed by atoms with Gasteiger partial charge in [-0.05, 0) is 40.5 Å². The van der Waals surface area contributed by atoms with E-state index < -0.39 is 0 Å². The number of epoxide rings is 1. The van der Waals surface area contributed by atoms with Crippen LogP contribution in [0.5, 0.6) is 0 Å². The third kappa shape index (κ3) is 2.72. The summed E-state index contributed by atoms with van der Waals surface area (Å²) in [5, 5.41) is 7.56. The lowest BCUT2D eigenvalue weighted by Gasteiger charge is -2.51. The van der Waals surface area contributed by atoms with Crippen LogP contribution in [-0.4, -0.2) is 54.0 Å². The zero-order chi connectivity index (χ0) is 13.0. The van der Waals surface area contributed by atoms with Crippen molar-refractivity contribution >= 4 is 0 Å². The standard InChI is InChI=1S/C14H27N3O/c1-12(2)7-14(8-13(3,4)16-12)9-17(10-15-14)5-11-6-18-11/h11,15-16H,5-10H2,1-4H3. The number of rotatable bonds is 2. The fraction of sp³-hybridized carbons (Fsp3) is 1.00. The van der Waals surface area contributed by atoms with Gasteiger partial charge in [0, 0.05) is 36.4 Å². The van der Waals surface area contributed by atoms with E-state index in [4.69, 9.17) is 4.74 Å². The lowest BCUT2D eigenvalue weighted by atomic mass is 9.71. The van der Waals surface area contributed by atoms with Crippen LogP contribution in [0.15, 0.2) is 0 Å². The molecule has 1 spiro atoms. The Hall–Kier alpha value is -0.160. The molecule has 3 fully saturated rings. The molecule has 3 aliphatic rings. The minimum atomic E-state index is 0.209. The van der Waals surface area contributed by atoms with Crippen LogP contribution in [0.2, 0.25) is 0 Å². The summed E-state index contributed by atoms with van der Waals surface area (Å²) in [7, 11) is 0. The maximum atomic E-state index is 5.35. The molecule has 0 aromatic carbocycles. The summed E-state index contributed by atoms with van der Waals surface area (Å²) in [6.45, 7) is 13.5. The summed E-state index contributed by atoms with van der Waals surface area (Å²) >= 11 is 0. The summed E-state index contributed by atoms with van der Waals surface area (Å²) < 4.78 is 5.35. The van der Waals surface area contributed by atoms with E-state index in [-0.39, 0.29) is 16.6 Å². The Morgan fingerprint density at radius 3 is 2.33 bits per heavy atom. The van der Waals surface area contributed by atoms with Crippen LogP contribution in [0.4, 0.5) is 0 Å². The number of nitrogens with zero attached hydrogens (tertiary/aromatic N) is 1. The second kappa shape index (κ2) is 3.92. The van der Waals surface area contributed by atoms with Gasteiger partial charge in [0.2, 0.25) is 0 Å². The molecule has 0 aromatic rings. The van der Waals surface area contributed by atoms with Crippen molar-refractivity contribution in [1.29, 1.82) is 0 Å². The Kier molecular flexibility index (Phi) is 2.80. The Balaban J connectivity index is 1.70. The van der Waals surface area contributed by atoms with Crippen LogP contribution in [-0.2, 0) is 4.74 Å². The lowest BCUT2D eigenvalue weighted by Crippen LogP contribution is -2.67. The molecular formula is C14H27N3O. The quantitative estimate of drug-likeness (QED) is 0.718. The van der Waals surface area contributed by atoms with Gasteiger partial charge in [0.1, 0.15) is 0 Å². The first-order valence-corrected chi connectivity index (χ1v) is 7.16. The molecule has 3 heterocycles. The van der Waals surface area contributed by atoms with E-state index in [0.29, 0.717) is 6.10 Å². The second-order valence-electron chi connectivity index (χ2n) is 7.83. The van der Waals surface area contributed by atoms with E-state index in [1.165, 1.54) is 19.4 Å². The van der Waals surface area contributed by atoms with Crippen molar-refractivity contribution in [2.75, 3.05) is 26.4 Å². The molecule has 0 bridgehead atoms. The van der Waals surface area contributed by atoms with Crippen LogP contribution in [0.25, 0.3) is 0 Å². The number of piperidine rings is 1. The van der Waals surface area contributed by atoms with Crippen LogP contribution in [0.1, 0.15) is 40.5 Å². The number of hydrogen-bond acceptors (Lipinski definition) is 4. The van der Waals surface area contributed by atoms with Crippen molar-refractivity contribution in [3.05, 3.63) is 0 Å². The number of nitrogens with one attached hydrogen (secondary N) is 2. The van der Waals surface area contributed by atoms with Gasteiger partial charge in [-0.25, -0.2) is 0 Å². The molecule has 0 aliphatic carbocycles. The Bertz CT molecular complexity index is 320. The molecule has 3 rings (SSSR count). The van der Waals surface area contributed by atoms with Gasteiger partial charge in [-0.15, -0.1) is 0 Å². The van der Waals surface area contributed by atoms with Crippen molar-refractivity contribution in [3.8, 4) is 0 Å². The largest absolute Gasteiger partial charge is 0.372 e. The topological polar surface area (TPSA) is 39.8 Å². The van der Waals surface area contributed by atoms with Gasteiger partial charge in [0.05, 0.1) is 12.7 Å². The van der Waals surface area contributed by atoms with Gasteiger partial charge >= 0.3 is 0 Å². The highest BCUT2D eigenvalue weighted by Crippen LogP contribution is 2.38. The molecule has 0 radical (unpaired) electrons. The van der Waals surface area contributed by atoms with Crippen LogP contribution in [0.3, 0.4) is 0 Å². The van der Waals surface area contributed by atoms with Crippen LogP contribution >= 0.6 is 0 Å². The summed E-state index contributed by atoms with van der Waals surface area (Å²) in [4.78, 5) is 2.52. The predicted octanol–water partition coefficient (Wildman–Crippen LogP) is 0.927. The molecule has 2 N–H and O–H groups in total. The number of hydrogen-bond donors (Lipinski definition) is 2. The Morgan fingerprint density at radius 2 is 1.78 bits per heavy atom. The molecule has 0 amide bonds. The van der Waals surface area contributed by atoms with E-state index in [0.717, 1.165) is 19.8 Å². The fourth-order valence-corrected chi connectivity index (χ4v) is 4.41. The minimum Gasteiger partial charge on any atom is -0.372 e. The van der Waals surface area contributed by atoms with Gasteiger partial charge in [-0.1, -0.05) is 0 Å². The fourth-order valence-electron chi connectivity index (χ4n) is 4.41. The molecule has 18 heavy (non-hydrogen) atoms. The third-order valence-corrected chi connectivity index (χ3v) is 4.31. The molecule has 3 saturated heterocycles. The van der Waals surface area contributed by atoms with Crippen molar-refractivity contribution in [1.82, 2.24) is 15.5 Å². The monoisotopic (exact) mass is 253 g/mol. The van der Waals surface area contributed by atoms with Gasteiger partial charge in [0.25, 0.3) is 0 Å². The molecule has 104 valence electrons. The Labute approximate surface area is 110 Å². The average molecular weight is 253 g/mol. The number of ether oxygens (including phenoxy) is 1. The molecule has 3 aliphatic heterocycles. The van der Waals surface area contributed by atoms with Crippen molar-refractivity contribution in [2.24, 2.45) is 0 Å². The zero-order valence-electron chi connectivity index (χ0n) is 12.2. The molecule has 0 saturated carbocycles. The van der Waals surface area contributed by atoms with Crippen LogP contribution in [0, 0.1) is 0 Å². The normalized spacial score (nSPS) is 37.0. The van der Waals surface area contributed by atoms with Crippen molar-refractivity contribution in [3.63, 3.8) is 0 Å². The summed E-state index contributed by atoms with van der Waals surface area (Å²) in [6, 6.07) is 0. The third-order valence-electron chi connectivity index (χ3n) is 4.31. The summed E-state index contributed by atoms with van der Waals surface area (Å²) in [5.74, 6) is 0. The average Bonchev–Trinajstić information content (AvgIpc) is 2.86. The van der Waals surface area contributed by atoms with Gasteiger partial charge in [0.15, 0.2) is 0 Å². The van der Waals surface area contributed by atoms with Gasteiger partial charge < -0.3 is 10.1 Å². The smallest absolute Gasteiger partial charge is 0.0936 e. The van der Waals surface area contributed by atoms with E-state index in [1.54, 1.807) is 0 Å². The zero-order valence-corrected chi connectivity index (χ0v) is 12.2. The van der Waals surface area contributed by atoms with Crippen molar-refractivity contribution in [2.45, 2.75) is 63.3 Å². The maximum absolute atomic E-state index is 5.35. The van der Waals surface area contributed by atoms with E-state index >= 15 is 0 Å². The van der Waals surface area contributed by atoms with Gasteiger partial charge in [-0.3, -0.25) is 10.2 Å².